The lowest BCUT2D eigenvalue weighted by Gasteiger charge is -1.98. The molecule has 0 bridgehead atoms. The highest BCUT2D eigenvalue weighted by molar-refractivity contribution is 9.10. The Labute approximate surface area is 94.1 Å². The molecule has 0 aliphatic rings. The van der Waals surface area contributed by atoms with Crippen LogP contribution in [0.25, 0.3) is 6.08 Å². The van der Waals surface area contributed by atoms with E-state index in [1.54, 1.807) is 12.1 Å². The SMILES string of the molecule is C/C(=C/c1ccc(F)c(Br)c1)CBr. The van der Waals surface area contributed by atoms with E-state index in [1.165, 1.54) is 11.6 Å². The van der Waals surface area contributed by atoms with E-state index in [2.05, 4.69) is 31.9 Å². The Hall–Kier alpha value is -0.150. The van der Waals surface area contributed by atoms with Crippen LogP contribution in [0.1, 0.15) is 12.5 Å². The molecule has 1 aromatic carbocycles. The number of rotatable bonds is 2. The second-order valence-corrected chi connectivity index (χ2v) is 4.21. The van der Waals surface area contributed by atoms with Crippen LogP contribution in [0.5, 0.6) is 0 Å². The molecular weight excluding hydrogens is 299 g/mol. The molecule has 70 valence electrons. The second-order valence-electron chi connectivity index (χ2n) is 2.80. The molecule has 0 fully saturated rings. The highest BCUT2D eigenvalue weighted by atomic mass is 79.9. The Kier molecular flexibility index (Phi) is 4.13. The maximum atomic E-state index is 12.8. The highest BCUT2D eigenvalue weighted by Gasteiger charge is 1.98. The summed E-state index contributed by atoms with van der Waals surface area (Å²) in [5.41, 5.74) is 2.21. The van der Waals surface area contributed by atoms with Gasteiger partial charge in [0.15, 0.2) is 0 Å². The molecular formula is C10H9Br2F. The third-order valence-corrected chi connectivity index (χ3v) is 3.06. The molecule has 1 aromatic rings. The van der Waals surface area contributed by atoms with Crippen molar-refractivity contribution in [2.45, 2.75) is 6.92 Å². The van der Waals surface area contributed by atoms with Gasteiger partial charge >= 0.3 is 0 Å². The minimum absolute atomic E-state index is 0.228. The fraction of sp³-hybridized carbons (Fsp3) is 0.200. The van der Waals surface area contributed by atoms with E-state index >= 15 is 0 Å². The normalized spacial score (nSPS) is 11.8. The van der Waals surface area contributed by atoms with Crippen LogP contribution < -0.4 is 0 Å². The molecule has 0 unspecified atom stereocenters. The lowest BCUT2D eigenvalue weighted by Crippen LogP contribution is -1.81. The molecule has 0 radical (unpaired) electrons. The lowest BCUT2D eigenvalue weighted by molar-refractivity contribution is 0.621. The van der Waals surface area contributed by atoms with Crippen molar-refractivity contribution in [1.29, 1.82) is 0 Å². The monoisotopic (exact) mass is 306 g/mol. The molecule has 0 atom stereocenters. The average Bonchev–Trinajstić information content (AvgIpc) is 2.11. The summed E-state index contributed by atoms with van der Waals surface area (Å²) in [5.74, 6) is -0.228. The van der Waals surface area contributed by atoms with Gasteiger partial charge in [0.2, 0.25) is 0 Å². The van der Waals surface area contributed by atoms with Gasteiger partial charge in [0, 0.05) is 5.33 Å². The van der Waals surface area contributed by atoms with Gasteiger partial charge in [-0.2, -0.15) is 0 Å². The zero-order valence-electron chi connectivity index (χ0n) is 7.15. The van der Waals surface area contributed by atoms with Gasteiger partial charge in [-0.25, -0.2) is 4.39 Å². The summed E-state index contributed by atoms with van der Waals surface area (Å²) in [6.07, 6.45) is 2.01. The van der Waals surface area contributed by atoms with Gasteiger partial charge in [-0.15, -0.1) is 0 Å². The summed E-state index contributed by atoms with van der Waals surface area (Å²) in [5, 5.41) is 0.835. The van der Waals surface area contributed by atoms with Crippen molar-refractivity contribution in [3.63, 3.8) is 0 Å². The van der Waals surface area contributed by atoms with Crippen molar-refractivity contribution >= 4 is 37.9 Å². The number of hydrogen-bond acceptors (Lipinski definition) is 0. The summed E-state index contributed by atoms with van der Waals surface area (Å²) in [6, 6.07) is 4.98. The van der Waals surface area contributed by atoms with Gasteiger partial charge in [-0.1, -0.05) is 33.6 Å². The molecule has 0 aromatic heterocycles. The number of allylic oxidation sites excluding steroid dienone is 1. The van der Waals surface area contributed by atoms with Crippen molar-refractivity contribution in [1.82, 2.24) is 0 Å². The van der Waals surface area contributed by atoms with Crippen LogP contribution in [0.3, 0.4) is 0 Å². The van der Waals surface area contributed by atoms with Crippen molar-refractivity contribution in [2.24, 2.45) is 0 Å². The van der Waals surface area contributed by atoms with Gasteiger partial charge < -0.3 is 0 Å². The minimum atomic E-state index is -0.228. The Morgan fingerprint density at radius 1 is 1.54 bits per heavy atom. The van der Waals surface area contributed by atoms with Crippen LogP contribution in [0.15, 0.2) is 28.2 Å². The first kappa shape index (κ1) is 10.9. The second kappa shape index (κ2) is 4.91. The zero-order chi connectivity index (χ0) is 9.84. The molecule has 0 aliphatic heterocycles. The number of alkyl halides is 1. The Bertz CT molecular complexity index is 332. The molecule has 0 heterocycles. The van der Waals surface area contributed by atoms with E-state index < -0.39 is 0 Å². The highest BCUT2D eigenvalue weighted by Crippen LogP contribution is 2.18. The summed E-state index contributed by atoms with van der Waals surface area (Å²) in [7, 11) is 0. The molecule has 0 nitrogen and oxygen atoms in total. The topological polar surface area (TPSA) is 0 Å². The van der Waals surface area contributed by atoms with E-state index in [0.717, 1.165) is 10.9 Å². The molecule has 0 amide bonds. The van der Waals surface area contributed by atoms with Gasteiger partial charge in [0.05, 0.1) is 4.47 Å². The zero-order valence-corrected chi connectivity index (χ0v) is 10.3. The van der Waals surface area contributed by atoms with Crippen molar-refractivity contribution in [2.75, 3.05) is 5.33 Å². The van der Waals surface area contributed by atoms with Crippen LogP contribution in [0.4, 0.5) is 4.39 Å². The number of hydrogen-bond donors (Lipinski definition) is 0. The molecule has 0 spiro atoms. The van der Waals surface area contributed by atoms with Gasteiger partial charge in [-0.3, -0.25) is 0 Å². The van der Waals surface area contributed by atoms with E-state index in [4.69, 9.17) is 0 Å². The summed E-state index contributed by atoms with van der Waals surface area (Å²) < 4.78 is 13.3. The fourth-order valence-electron chi connectivity index (χ4n) is 0.925. The maximum Gasteiger partial charge on any atom is 0.137 e. The van der Waals surface area contributed by atoms with Crippen LogP contribution >= 0.6 is 31.9 Å². The van der Waals surface area contributed by atoms with Crippen LogP contribution in [-0.2, 0) is 0 Å². The van der Waals surface area contributed by atoms with Gasteiger partial charge in [0.1, 0.15) is 5.82 Å². The standard InChI is InChI=1S/C10H9Br2F/c1-7(6-11)4-8-2-3-10(13)9(12)5-8/h2-5H,6H2,1H3/b7-4-. The quantitative estimate of drug-likeness (QED) is 0.711. The molecule has 13 heavy (non-hydrogen) atoms. The molecule has 1 rings (SSSR count). The summed E-state index contributed by atoms with van der Waals surface area (Å²) in [6.45, 7) is 2.02. The summed E-state index contributed by atoms with van der Waals surface area (Å²) in [4.78, 5) is 0. The first-order valence-electron chi connectivity index (χ1n) is 3.81. The van der Waals surface area contributed by atoms with Gasteiger partial charge in [0.25, 0.3) is 0 Å². The van der Waals surface area contributed by atoms with Crippen LogP contribution in [-0.4, -0.2) is 5.33 Å². The predicted octanol–water partition coefficient (Wildman–Crippen LogP) is 4.39. The first-order chi connectivity index (χ1) is 6.13. The molecule has 0 N–H and O–H groups in total. The molecule has 3 heteroatoms. The van der Waals surface area contributed by atoms with Gasteiger partial charge in [-0.05, 0) is 40.5 Å². The maximum absolute atomic E-state index is 12.8. The number of benzene rings is 1. The smallest absolute Gasteiger partial charge is 0.137 e. The third-order valence-electron chi connectivity index (χ3n) is 1.57. The van der Waals surface area contributed by atoms with E-state index in [9.17, 15) is 4.39 Å². The van der Waals surface area contributed by atoms with E-state index in [-0.39, 0.29) is 5.82 Å². The van der Waals surface area contributed by atoms with Crippen LogP contribution in [0.2, 0.25) is 0 Å². The van der Waals surface area contributed by atoms with E-state index in [1.807, 2.05) is 13.0 Å². The molecule has 0 aliphatic carbocycles. The van der Waals surface area contributed by atoms with Crippen LogP contribution in [0, 0.1) is 5.82 Å². The van der Waals surface area contributed by atoms with Crippen molar-refractivity contribution < 1.29 is 4.39 Å². The van der Waals surface area contributed by atoms with E-state index in [0.29, 0.717) is 4.47 Å². The van der Waals surface area contributed by atoms with Crippen molar-refractivity contribution in [3.05, 3.63) is 39.6 Å². The predicted molar refractivity (Wildman–Crippen MR) is 61.5 cm³/mol. The third kappa shape index (κ3) is 3.24. The summed E-state index contributed by atoms with van der Waals surface area (Å²) >= 11 is 6.49. The number of halogens is 3. The Morgan fingerprint density at radius 3 is 2.77 bits per heavy atom. The minimum Gasteiger partial charge on any atom is -0.206 e. The molecule has 0 saturated heterocycles. The Morgan fingerprint density at radius 2 is 2.23 bits per heavy atom. The first-order valence-corrected chi connectivity index (χ1v) is 5.73. The fourth-order valence-corrected chi connectivity index (χ4v) is 1.48. The molecule has 0 saturated carbocycles. The lowest BCUT2D eigenvalue weighted by atomic mass is 10.1. The average molecular weight is 308 g/mol. The largest absolute Gasteiger partial charge is 0.206 e. The Balaban J connectivity index is 2.98. The van der Waals surface area contributed by atoms with Crippen molar-refractivity contribution in [3.8, 4) is 0 Å².